The van der Waals surface area contributed by atoms with E-state index in [0.717, 1.165) is 0 Å². The van der Waals surface area contributed by atoms with Crippen LogP contribution in [0.25, 0.3) is 0 Å². The van der Waals surface area contributed by atoms with Gasteiger partial charge in [0.15, 0.2) is 0 Å². The fourth-order valence-electron chi connectivity index (χ4n) is 5.01. The zero-order valence-electron chi connectivity index (χ0n) is 24.0. The molecule has 0 N–H and O–H groups in total. The number of carbonyl (C=O) groups is 1. The van der Waals surface area contributed by atoms with Crippen LogP contribution in [0.3, 0.4) is 0 Å². The van der Waals surface area contributed by atoms with Crippen molar-refractivity contribution in [2.45, 2.75) is 156 Å². The van der Waals surface area contributed by atoms with Crippen LogP contribution in [0.2, 0.25) is 0 Å². The number of hydrogen-bond acceptors (Lipinski definition) is 2. The van der Waals surface area contributed by atoms with Crippen LogP contribution in [0.4, 0.5) is 0 Å². The van der Waals surface area contributed by atoms with Crippen molar-refractivity contribution in [3.63, 3.8) is 0 Å². The zero-order chi connectivity index (χ0) is 25.6. The van der Waals surface area contributed by atoms with Crippen LogP contribution in [-0.2, 0) is 4.74 Å². The Morgan fingerprint density at radius 2 is 1.00 bits per heavy atom. The Balaban J connectivity index is 2.38. The second-order valence-electron chi connectivity index (χ2n) is 11.4. The standard InChI is InChI=1S/C33H58O2/c1-5-7-9-11-13-15-16-18-20-22-28-33(4,27-21-19-17-14-12-10-8-6-2)29-35-32(34)31-25-23-30(3)24-26-31/h23-26H,5-22,27-29H2,1-4H3. The first-order valence-electron chi connectivity index (χ1n) is 15.2. The smallest absolute Gasteiger partial charge is 0.338 e. The van der Waals surface area contributed by atoms with Crippen molar-refractivity contribution in [3.05, 3.63) is 35.4 Å². The third kappa shape index (κ3) is 16.9. The number of rotatable bonds is 23. The first kappa shape index (κ1) is 31.7. The molecule has 1 aromatic carbocycles. The van der Waals surface area contributed by atoms with Crippen LogP contribution in [0.1, 0.15) is 165 Å². The van der Waals surface area contributed by atoms with Gasteiger partial charge >= 0.3 is 5.97 Å². The average Bonchev–Trinajstić information content (AvgIpc) is 2.86. The highest BCUT2D eigenvalue weighted by molar-refractivity contribution is 5.89. The summed E-state index contributed by atoms with van der Waals surface area (Å²) in [6.45, 7) is 9.51. The maximum absolute atomic E-state index is 12.6. The van der Waals surface area contributed by atoms with Gasteiger partial charge in [-0.2, -0.15) is 0 Å². The SMILES string of the molecule is CCCCCCCCCCCCC(C)(CCCCCCCCCC)COC(=O)c1ccc(C)cc1. The third-order valence-electron chi connectivity index (χ3n) is 7.61. The zero-order valence-corrected chi connectivity index (χ0v) is 24.0. The minimum atomic E-state index is -0.171. The first-order chi connectivity index (χ1) is 17.0. The Kier molecular flexibility index (Phi) is 18.9. The fourth-order valence-corrected chi connectivity index (χ4v) is 5.01. The normalized spacial score (nSPS) is 13.0. The predicted octanol–water partition coefficient (Wildman–Crippen LogP) is 11.0. The molecule has 0 heterocycles. The molecule has 0 fully saturated rings. The van der Waals surface area contributed by atoms with E-state index in [4.69, 9.17) is 4.74 Å². The van der Waals surface area contributed by atoms with Crippen LogP contribution >= 0.6 is 0 Å². The number of benzene rings is 1. The Morgan fingerprint density at radius 3 is 1.40 bits per heavy atom. The highest BCUT2D eigenvalue weighted by Gasteiger charge is 2.26. The predicted molar refractivity (Wildman–Crippen MR) is 153 cm³/mol. The number of hydrogen-bond donors (Lipinski definition) is 0. The average molecular weight is 487 g/mol. The lowest BCUT2D eigenvalue weighted by atomic mass is 9.80. The van der Waals surface area contributed by atoms with E-state index in [2.05, 4.69) is 20.8 Å². The summed E-state index contributed by atoms with van der Waals surface area (Å²) in [7, 11) is 0. The summed E-state index contributed by atoms with van der Waals surface area (Å²) in [5.41, 5.74) is 1.94. The van der Waals surface area contributed by atoms with E-state index in [1.54, 1.807) is 0 Å². The maximum Gasteiger partial charge on any atom is 0.338 e. The molecular weight excluding hydrogens is 428 g/mol. The Bertz CT molecular complexity index is 620. The van der Waals surface area contributed by atoms with Gasteiger partial charge in [-0.1, -0.05) is 154 Å². The molecule has 0 amide bonds. The molecule has 1 aromatic rings. The summed E-state index contributed by atoms with van der Waals surface area (Å²) < 4.78 is 5.86. The monoisotopic (exact) mass is 486 g/mol. The maximum atomic E-state index is 12.6. The molecule has 202 valence electrons. The van der Waals surface area contributed by atoms with Crippen LogP contribution in [0.5, 0.6) is 0 Å². The third-order valence-corrected chi connectivity index (χ3v) is 7.61. The van der Waals surface area contributed by atoms with E-state index < -0.39 is 0 Å². The molecule has 0 saturated heterocycles. The minimum absolute atomic E-state index is 0.0999. The molecule has 0 bridgehead atoms. The van der Waals surface area contributed by atoms with Crippen molar-refractivity contribution in [1.82, 2.24) is 0 Å². The molecule has 0 aliphatic rings. The second-order valence-corrected chi connectivity index (χ2v) is 11.4. The van der Waals surface area contributed by atoms with Gasteiger partial charge < -0.3 is 4.74 Å². The van der Waals surface area contributed by atoms with Crippen LogP contribution in [-0.4, -0.2) is 12.6 Å². The first-order valence-corrected chi connectivity index (χ1v) is 15.2. The molecule has 0 spiro atoms. The van der Waals surface area contributed by atoms with E-state index in [0.29, 0.717) is 12.2 Å². The van der Waals surface area contributed by atoms with Crippen LogP contribution in [0.15, 0.2) is 24.3 Å². The second kappa shape index (κ2) is 20.8. The van der Waals surface area contributed by atoms with Crippen LogP contribution in [0, 0.1) is 12.3 Å². The van der Waals surface area contributed by atoms with Crippen molar-refractivity contribution >= 4 is 5.97 Å². The summed E-state index contributed by atoms with van der Waals surface area (Å²) >= 11 is 0. The number of carbonyl (C=O) groups excluding carboxylic acids is 1. The number of aryl methyl sites for hydroxylation is 1. The van der Waals surface area contributed by atoms with E-state index in [1.165, 1.54) is 134 Å². The van der Waals surface area contributed by atoms with Gasteiger partial charge in [0.25, 0.3) is 0 Å². The molecule has 0 aromatic heterocycles. The van der Waals surface area contributed by atoms with Gasteiger partial charge in [0.05, 0.1) is 12.2 Å². The summed E-state index contributed by atoms with van der Waals surface area (Å²) in [5.74, 6) is -0.171. The molecule has 0 radical (unpaired) electrons. The fraction of sp³-hybridized carbons (Fsp3) is 0.788. The summed E-state index contributed by atoms with van der Waals surface area (Å²) in [6.07, 6.45) is 26.7. The topological polar surface area (TPSA) is 26.3 Å². The lowest BCUT2D eigenvalue weighted by Gasteiger charge is -2.29. The van der Waals surface area contributed by atoms with Gasteiger partial charge in [0.1, 0.15) is 0 Å². The Hall–Kier alpha value is -1.31. The van der Waals surface area contributed by atoms with Gasteiger partial charge in [0.2, 0.25) is 0 Å². The number of ether oxygens (including phenoxy) is 1. The Morgan fingerprint density at radius 1 is 0.629 bits per heavy atom. The molecule has 35 heavy (non-hydrogen) atoms. The lowest BCUT2D eigenvalue weighted by Crippen LogP contribution is -2.25. The molecule has 1 atom stereocenters. The van der Waals surface area contributed by atoms with Gasteiger partial charge in [-0.15, -0.1) is 0 Å². The van der Waals surface area contributed by atoms with Gasteiger partial charge in [-0.05, 0) is 31.9 Å². The van der Waals surface area contributed by atoms with Gasteiger partial charge in [0, 0.05) is 5.41 Å². The van der Waals surface area contributed by atoms with Crippen molar-refractivity contribution in [2.75, 3.05) is 6.61 Å². The van der Waals surface area contributed by atoms with Crippen molar-refractivity contribution in [3.8, 4) is 0 Å². The minimum Gasteiger partial charge on any atom is -0.462 e. The van der Waals surface area contributed by atoms with E-state index in [-0.39, 0.29) is 11.4 Å². The van der Waals surface area contributed by atoms with E-state index in [9.17, 15) is 4.79 Å². The highest BCUT2D eigenvalue weighted by Crippen LogP contribution is 2.32. The highest BCUT2D eigenvalue weighted by atomic mass is 16.5. The molecular formula is C33H58O2. The summed E-state index contributed by atoms with van der Waals surface area (Å²) in [6, 6.07) is 7.74. The Labute approximate surface area is 219 Å². The van der Waals surface area contributed by atoms with Crippen molar-refractivity contribution in [2.24, 2.45) is 5.41 Å². The number of esters is 1. The van der Waals surface area contributed by atoms with E-state index in [1.807, 2.05) is 31.2 Å². The molecule has 0 saturated carbocycles. The molecule has 0 aliphatic carbocycles. The van der Waals surface area contributed by atoms with Gasteiger partial charge in [-0.25, -0.2) is 4.79 Å². The summed E-state index contributed by atoms with van der Waals surface area (Å²) in [4.78, 5) is 12.6. The number of unbranched alkanes of at least 4 members (excludes halogenated alkanes) is 16. The van der Waals surface area contributed by atoms with Crippen LogP contribution < -0.4 is 0 Å². The van der Waals surface area contributed by atoms with Crippen molar-refractivity contribution < 1.29 is 9.53 Å². The summed E-state index contributed by atoms with van der Waals surface area (Å²) in [5, 5.41) is 0. The van der Waals surface area contributed by atoms with Gasteiger partial charge in [-0.3, -0.25) is 0 Å². The molecule has 1 unspecified atom stereocenters. The molecule has 2 heteroatoms. The molecule has 0 aliphatic heterocycles. The largest absolute Gasteiger partial charge is 0.462 e. The molecule has 1 rings (SSSR count). The van der Waals surface area contributed by atoms with E-state index >= 15 is 0 Å². The quantitative estimate of drug-likeness (QED) is 0.113. The van der Waals surface area contributed by atoms with Crippen molar-refractivity contribution in [1.29, 1.82) is 0 Å². The molecule has 2 nitrogen and oxygen atoms in total. The lowest BCUT2D eigenvalue weighted by molar-refractivity contribution is 0.0264.